The Kier molecular flexibility index (Phi) is 2.13. The summed E-state index contributed by atoms with van der Waals surface area (Å²) < 4.78 is 9.67. The molecule has 2 aromatic rings. The number of furan rings is 1. The summed E-state index contributed by atoms with van der Waals surface area (Å²) in [6.45, 7) is 0. The van der Waals surface area contributed by atoms with Gasteiger partial charge in [-0.3, -0.25) is 0 Å². The van der Waals surface area contributed by atoms with E-state index in [0.717, 1.165) is 0 Å². The smallest absolute Gasteiger partial charge is 0.340 e. The average molecular weight is 212 g/mol. The normalized spacial score (nSPS) is 10.4. The molecule has 0 N–H and O–H groups in total. The van der Waals surface area contributed by atoms with Gasteiger partial charge >= 0.3 is 5.97 Å². The molecule has 0 radical (unpaired) electrons. The SMILES string of the molecule is COC(=O)c1cnc(Cl)c2occc12. The van der Waals surface area contributed by atoms with Crippen LogP contribution in [0.4, 0.5) is 0 Å². The molecule has 0 fully saturated rings. The summed E-state index contributed by atoms with van der Waals surface area (Å²) in [6, 6.07) is 1.65. The molecule has 0 unspecified atom stereocenters. The van der Waals surface area contributed by atoms with Crippen LogP contribution in [0.5, 0.6) is 0 Å². The number of ether oxygens (including phenoxy) is 1. The Balaban J connectivity index is 2.72. The standard InChI is InChI=1S/C9H6ClNO3/c1-13-9(12)6-4-11-8(10)7-5(6)2-3-14-7/h2-4H,1H3. The van der Waals surface area contributed by atoms with Gasteiger partial charge in [-0.15, -0.1) is 0 Å². The number of hydrogen-bond acceptors (Lipinski definition) is 4. The predicted molar refractivity (Wildman–Crippen MR) is 50.4 cm³/mol. The number of carbonyl (C=O) groups is 1. The fourth-order valence-electron chi connectivity index (χ4n) is 1.20. The maximum absolute atomic E-state index is 11.3. The van der Waals surface area contributed by atoms with Crippen molar-refractivity contribution in [2.45, 2.75) is 0 Å². The highest BCUT2D eigenvalue weighted by Crippen LogP contribution is 2.25. The lowest BCUT2D eigenvalue weighted by atomic mass is 10.2. The highest BCUT2D eigenvalue weighted by molar-refractivity contribution is 6.34. The third-order valence-corrected chi connectivity index (χ3v) is 2.12. The van der Waals surface area contributed by atoms with Crippen molar-refractivity contribution in [2.24, 2.45) is 0 Å². The first-order valence-corrected chi connectivity index (χ1v) is 4.22. The molecule has 0 aliphatic heterocycles. The van der Waals surface area contributed by atoms with Crippen LogP contribution in [0.15, 0.2) is 22.9 Å². The van der Waals surface area contributed by atoms with E-state index in [2.05, 4.69) is 9.72 Å². The molecular weight excluding hydrogens is 206 g/mol. The van der Waals surface area contributed by atoms with Crippen LogP contribution in [-0.4, -0.2) is 18.1 Å². The number of nitrogens with zero attached hydrogens (tertiary/aromatic N) is 1. The molecule has 2 heterocycles. The molecule has 0 bridgehead atoms. The summed E-state index contributed by atoms with van der Waals surface area (Å²) >= 11 is 5.76. The molecule has 0 saturated carbocycles. The Labute approximate surface area is 84.4 Å². The van der Waals surface area contributed by atoms with Crippen LogP contribution in [0.1, 0.15) is 10.4 Å². The number of methoxy groups -OCH3 is 1. The molecule has 2 rings (SSSR count). The van der Waals surface area contributed by atoms with Gasteiger partial charge in [0.15, 0.2) is 10.7 Å². The van der Waals surface area contributed by atoms with Crippen LogP contribution >= 0.6 is 11.6 Å². The largest absolute Gasteiger partial charge is 0.465 e. The lowest BCUT2D eigenvalue weighted by Crippen LogP contribution is -2.02. The molecule has 0 aromatic carbocycles. The minimum atomic E-state index is -0.458. The van der Waals surface area contributed by atoms with Gasteiger partial charge in [-0.2, -0.15) is 0 Å². The topological polar surface area (TPSA) is 52.3 Å². The van der Waals surface area contributed by atoms with Crippen LogP contribution in [-0.2, 0) is 4.74 Å². The third kappa shape index (κ3) is 1.24. The average Bonchev–Trinajstić information content (AvgIpc) is 2.67. The van der Waals surface area contributed by atoms with Gasteiger partial charge in [-0.05, 0) is 6.07 Å². The van der Waals surface area contributed by atoms with Gasteiger partial charge in [0.2, 0.25) is 0 Å². The zero-order valence-corrected chi connectivity index (χ0v) is 8.04. The molecule has 0 atom stereocenters. The molecule has 2 aromatic heterocycles. The van der Waals surface area contributed by atoms with Crippen molar-refractivity contribution in [2.75, 3.05) is 7.11 Å². The van der Waals surface area contributed by atoms with E-state index in [9.17, 15) is 4.79 Å². The van der Waals surface area contributed by atoms with Crippen molar-refractivity contribution in [1.29, 1.82) is 0 Å². The van der Waals surface area contributed by atoms with Crippen LogP contribution in [0.25, 0.3) is 11.0 Å². The van der Waals surface area contributed by atoms with E-state index >= 15 is 0 Å². The van der Waals surface area contributed by atoms with Crippen LogP contribution < -0.4 is 0 Å². The number of fused-ring (bicyclic) bond motifs is 1. The van der Waals surface area contributed by atoms with E-state index in [1.54, 1.807) is 6.07 Å². The van der Waals surface area contributed by atoms with Gasteiger partial charge in [0.25, 0.3) is 0 Å². The number of hydrogen-bond donors (Lipinski definition) is 0. The van der Waals surface area contributed by atoms with Gasteiger partial charge in [0.1, 0.15) is 0 Å². The van der Waals surface area contributed by atoms with E-state index in [0.29, 0.717) is 16.5 Å². The lowest BCUT2D eigenvalue weighted by molar-refractivity contribution is 0.0602. The number of pyridine rings is 1. The fourth-order valence-corrected chi connectivity index (χ4v) is 1.40. The minimum absolute atomic E-state index is 0.234. The summed E-state index contributed by atoms with van der Waals surface area (Å²) in [5, 5.41) is 0.842. The van der Waals surface area contributed by atoms with Gasteiger partial charge in [-0.1, -0.05) is 11.6 Å². The Morgan fingerprint density at radius 1 is 1.64 bits per heavy atom. The van der Waals surface area contributed by atoms with Crippen molar-refractivity contribution >= 4 is 28.5 Å². The van der Waals surface area contributed by atoms with Gasteiger partial charge in [0, 0.05) is 11.6 Å². The fraction of sp³-hybridized carbons (Fsp3) is 0.111. The van der Waals surface area contributed by atoms with E-state index in [-0.39, 0.29) is 5.15 Å². The number of aromatic nitrogens is 1. The molecule has 0 aliphatic rings. The zero-order chi connectivity index (χ0) is 10.1. The quantitative estimate of drug-likeness (QED) is 0.536. The first-order chi connectivity index (χ1) is 6.74. The second kappa shape index (κ2) is 3.31. The number of halogens is 1. The monoisotopic (exact) mass is 211 g/mol. The third-order valence-electron chi connectivity index (χ3n) is 1.86. The number of esters is 1. The summed E-state index contributed by atoms with van der Waals surface area (Å²) in [5.41, 5.74) is 0.746. The van der Waals surface area contributed by atoms with E-state index in [4.69, 9.17) is 16.0 Å². The molecule has 0 spiro atoms. The number of carbonyl (C=O) groups excluding carboxylic acids is 1. The summed E-state index contributed by atoms with van der Waals surface area (Å²) in [4.78, 5) is 15.1. The molecular formula is C9H6ClNO3. The Morgan fingerprint density at radius 3 is 3.14 bits per heavy atom. The second-order valence-electron chi connectivity index (χ2n) is 2.62. The van der Waals surface area contributed by atoms with Crippen LogP contribution in [0.3, 0.4) is 0 Å². The van der Waals surface area contributed by atoms with E-state index in [1.807, 2.05) is 0 Å². The van der Waals surface area contributed by atoms with Crippen molar-refractivity contribution < 1.29 is 13.9 Å². The van der Waals surface area contributed by atoms with Crippen LogP contribution in [0, 0.1) is 0 Å². The van der Waals surface area contributed by atoms with Gasteiger partial charge < -0.3 is 9.15 Å². The second-order valence-corrected chi connectivity index (χ2v) is 2.98. The highest BCUT2D eigenvalue weighted by atomic mass is 35.5. The van der Waals surface area contributed by atoms with Gasteiger partial charge in [-0.25, -0.2) is 9.78 Å². The van der Waals surface area contributed by atoms with Crippen molar-refractivity contribution in [3.8, 4) is 0 Å². The van der Waals surface area contributed by atoms with Crippen molar-refractivity contribution in [3.63, 3.8) is 0 Å². The first-order valence-electron chi connectivity index (χ1n) is 3.84. The number of rotatable bonds is 1. The minimum Gasteiger partial charge on any atom is -0.465 e. The zero-order valence-electron chi connectivity index (χ0n) is 7.28. The Bertz CT molecular complexity index is 492. The molecule has 0 saturated heterocycles. The maximum atomic E-state index is 11.3. The predicted octanol–water partition coefficient (Wildman–Crippen LogP) is 2.27. The molecule has 72 valence electrons. The first kappa shape index (κ1) is 9.02. The van der Waals surface area contributed by atoms with Gasteiger partial charge in [0.05, 0.1) is 18.9 Å². The maximum Gasteiger partial charge on any atom is 0.340 e. The summed E-state index contributed by atoms with van der Waals surface area (Å²) in [6.07, 6.45) is 2.82. The van der Waals surface area contributed by atoms with E-state index in [1.165, 1.54) is 19.6 Å². The van der Waals surface area contributed by atoms with Crippen molar-refractivity contribution in [1.82, 2.24) is 4.98 Å². The van der Waals surface area contributed by atoms with Crippen molar-refractivity contribution in [3.05, 3.63) is 29.2 Å². The molecule has 4 nitrogen and oxygen atoms in total. The molecule has 0 aliphatic carbocycles. The Morgan fingerprint density at radius 2 is 2.43 bits per heavy atom. The van der Waals surface area contributed by atoms with E-state index < -0.39 is 5.97 Å². The molecule has 14 heavy (non-hydrogen) atoms. The summed E-state index contributed by atoms with van der Waals surface area (Å²) in [5.74, 6) is -0.458. The lowest BCUT2D eigenvalue weighted by Gasteiger charge is -1.99. The highest BCUT2D eigenvalue weighted by Gasteiger charge is 2.14. The Hall–Kier alpha value is -1.55. The van der Waals surface area contributed by atoms with Crippen LogP contribution in [0.2, 0.25) is 5.15 Å². The molecule has 5 heteroatoms. The molecule has 0 amide bonds. The summed E-state index contributed by atoms with van der Waals surface area (Å²) in [7, 11) is 1.31.